The molecule has 0 aliphatic carbocycles. The van der Waals surface area contributed by atoms with Crippen LogP contribution in [0.4, 0.5) is 0 Å². The van der Waals surface area contributed by atoms with E-state index >= 15 is 0 Å². The Balaban J connectivity index is -0.0000000480. The largest absolute Gasteiger partial charge is 0.376 e. The van der Waals surface area contributed by atoms with Crippen molar-refractivity contribution in [1.82, 2.24) is 0 Å². The van der Waals surface area contributed by atoms with Crippen molar-refractivity contribution in [3.8, 4) is 0 Å². The van der Waals surface area contributed by atoms with Crippen molar-refractivity contribution in [2.45, 2.75) is 26.7 Å². The van der Waals surface area contributed by atoms with Crippen LogP contribution in [0.1, 0.15) is 26.7 Å². The number of halogens is 1. The molecule has 2 N–H and O–H groups in total. The second-order valence-corrected chi connectivity index (χ2v) is 1.000. The lowest BCUT2D eigenvalue weighted by molar-refractivity contribution is 0.886. The zero-order valence-corrected chi connectivity index (χ0v) is 6.22. The molecule has 46 valence electrons. The zero-order valence-electron chi connectivity index (χ0n) is 5.40. The number of hydrogen-bond donors (Lipinski definition) is 1. The van der Waals surface area contributed by atoms with Gasteiger partial charge in [-0.1, -0.05) is 26.7 Å². The molecule has 0 amide bonds. The Kier molecular flexibility index (Phi) is 74.5. The summed E-state index contributed by atoms with van der Waals surface area (Å²) >= 11 is 0. The van der Waals surface area contributed by atoms with Gasteiger partial charge < -0.3 is 5.64 Å². The summed E-state index contributed by atoms with van der Waals surface area (Å²) in [6, 6.07) is 0. The van der Waals surface area contributed by atoms with E-state index in [2.05, 4.69) is 19.5 Å². The van der Waals surface area contributed by atoms with Crippen LogP contribution >= 0.6 is 12.4 Å². The summed E-state index contributed by atoms with van der Waals surface area (Å²) in [6.07, 6.45) is 2.64. The van der Waals surface area contributed by atoms with E-state index in [-0.39, 0.29) is 12.4 Å². The third-order valence-corrected chi connectivity index (χ3v) is 0.500. The Morgan fingerprint density at radius 2 is 1.29 bits per heavy atom. The van der Waals surface area contributed by atoms with E-state index in [0.29, 0.717) is 0 Å². The summed E-state index contributed by atoms with van der Waals surface area (Å²) in [7, 11) is 1.50. The van der Waals surface area contributed by atoms with Gasteiger partial charge in [0.05, 0.1) is 0 Å². The van der Waals surface area contributed by atoms with Gasteiger partial charge in [0, 0.05) is 0 Å². The summed E-state index contributed by atoms with van der Waals surface area (Å²) in [4.78, 5) is 0. The maximum atomic E-state index is 4.50. The normalized spacial score (nSPS) is 5.00. The summed E-state index contributed by atoms with van der Waals surface area (Å²) in [5.41, 5.74) is 4.50. The summed E-state index contributed by atoms with van der Waals surface area (Å²) in [5, 5.41) is 0. The van der Waals surface area contributed by atoms with E-state index in [1.165, 1.54) is 20.8 Å². The minimum Gasteiger partial charge on any atom is -0.376 e. The molecular weight excluding hydrogens is 108 g/mol. The summed E-state index contributed by atoms with van der Waals surface area (Å²) in [6.45, 7) is 4.36. The molecule has 0 radical (unpaired) electrons. The van der Waals surface area contributed by atoms with Crippen LogP contribution in [0.5, 0.6) is 0 Å². The molecule has 0 aromatic rings. The molecule has 0 heterocycles. The van der Waals surface area contributed by atoms with E-state index in [1.807, 2.05) is 0 Å². The Hall–Kier alpha value is 0.315. The fraction of sp³-hybridized carbons (Fsp3) is 1.00. The third-order valence-electron chi connectivity index (χ3n) is 0.500. The minimum atomic E-state index is 0. The van der Waals surface area contributed by atoms with Crippen molar-refractivity contribution >= 4 is 20.4 Å². The number of rotatable bonds is 1. The molecule has 0 saturated heterocycles. The third kappa shape index (κ3) is 68.0. The van der Waals surface area contributed by atoms with Crippen LogP contribution in [0.3, 0.4) is 0 Å². The van der Waals surface area contributed by atoms with Crippen molar-refractivity contribution < 1.29 is 0 Å². The van der Waals surface area contributed by atoms with Crippen LogP contribution in [0, 0.1) is 0 Å². The van der Waals surface area contributed by atoms with E-state index < -0.39 is 0 Å². The predicted molar refractivity (Wildman–Crippen MR) is 40.6 cm³/mol. The van der Waals surface area contributed by atoms with Crippen molar-refractivity contribution in [2.24, 2.45) is 5.64 Å². The van der Waals surface area contributed by atoms with E-state index in [0.717, 1.165) is 0 Å². The molecule has 7 heavy (non-hydrogen) atoms. The van der Waals surface area contributed by atoms with Gasteiger partial charge in [-0.15, -0.1) is 12.4 Å². The molecule has 0 rings (SSSR count). The van der Waals surface area contributed by atoms with Gasteiger partial charge >= 0.3 is 0 Å². The fourth-order valence-electron chi connectivity index (χ4n) is 0. The van der Waals surface area contributed by atoms with Crippen LogP contribution in [0.25, 0.3) is 0 Å². The van der Waals surface area contributed by atoms with Crippen LogP contribution < -0.4 is 5.64 Å². The molecule has 3 heteroatoms. The van der Waals surface area contributed by atoms with Crippen molar-refractivity contribution in [1.29, 1.82) is 0 Å². The second kappa shape index (κ2) is 33.3. The fourth-order valence-corrected chi connectivity index (χ4v) is 0. The maximum absolute atomic E-state index is 4.50. The Morgan fingerprint density at radius 1 is 1.14 bits per heavy atom. The van der Waals surface area contributed by atoms with Gasteiger partial charge in [-0.25, -0.2) is 0 Å². The SMILES string of the molecule is BN.CCCC.Cl. The van der Waals surface area contributed by atoms with E-state index in [9.17, 15) is 0 Å². The molecular formula is C4H15BClN. The molecule has 0 atom stereocenters. The first-order valence-corrected chi connectivity index (χ1v) is 2.49. The van der Waals surface area contributed by atoms with Crippen LogP contribution in [-0.4, -0.2) is 7.98 Å². The quantitative estimate of drug-likeness (QED) is 0.511. The first kappa shape index (κ1) is 15.7. The first-order chi connectivity index (χ1) is 2.91. The minimum absolute atomic E-state index is 0. The summed E-state index contributed by atoms with van der Waals surface area (Å²) < 4.78 is 0. The van der Waals surface area contributed by atoms with Gasteiger partial charge in [0.25, 0.3) is 0 Å². The summed E-state index contributed by atoms with van der Waals surface area (Å²) in [5.74, 6) is 0. The van der Waals surface area contributed by atoms with Crippen molar-refractivity contribution in [2.75, 3.05) is 0 Å². The predicted octanol–water partition coefficient (Wildman–Crippen LogP) is 0.721. The van der Waals surface area contributed by atoms with Gasteiger partial charge in [0.2, 0.25) is 0 Å². The molecule has 0 aromatic carbocycles. The molecule has 0 bridgehead atoms. The lowest BCUT2D eigenvalue weighted by Gasteiger charge is -1.68. The second-order valence-electron chi connectivity index (χ2n) is 1.000. The first-order valence-electron chi connectivity index (χ1n) is 2.49. The highest BCUT2D eigenvalue weighted by atomic mass is 35.5. The number of unbranched alkanes of at least 4 members (excludes halogenated alkanes) is 1. The molecule has 0 aliphatic heterocycles. The molecule has 0 unspecified atom stereocenters. The number of hydrogen-bond acceptors (Lipinski definition) is 1. The lowest BCUT2D eigenvalue weighted by atomic mass is 10.4. The van der Waals surface area contributed by atoms with Crippen LogP contribution in [0.15, 0.2) is 0 Å². The van der Waals surface area contributed by atoms with Gasteiger partial charge in [-0.2, -0.15) is 0 Å². The topological polar surface area (TPSA) is 26.0 Å². The van der Waals surface area contributed by atoms with Gasteiger partial charge in [0.15, 0.2) is 7.98 Å². The van der Waals surface area contributed by atoms with E-state index in [1.54, 1.807) is 0 Å². The highest BCUT2D eigenvalue weighted by Crippen LogP contribution is 1.76. The van der Waals surface area contributed by atoms with Crippen molar-refractivity contribution in [3.05, 3.63) is 0 Å². The van der Waals surface area contributed by atoms with Crippen LogP contribution in [-0.2, 0) is 0 Å². The Labute approximate surface area is 53.5 Å². The molecule has 0 aromatic heterocycles. The zero-order chi connectivity index (χ0) is 5.41. The standard InChI is InChI=1S/C4H10.BH4N.ClH/c1-3-4-2;1-2;/h3-4H2,1-2H3;1-2H2;1H. The van der Waals surface area contributed by atoms with Crippen LogP contribution in [0.2, 0.25) is 0 Å². The van der Waals surface area contributed by atoms with Crippen molar-refractivity contribution in [3.63, 3.8) is 0 Å². The Morgan fingerprint density at radius 3 is 1.29 bits per heavy atom. The molecule has 0 fully saturated rings. The van der Waals surface area contributed by atoms with Gasteiger partial charge in [0.1, 0.15) is 0 Å². The monoisotopic (exact) mass is 123 g/mol. The van der Waals surface area contributed by atoms with Gasteiger partial charge in [-0.05, 0) is 0 Å². The average molecular weight is 123 g/mol. The number of nitrogens with two attached hydrogens (primary N) is 1. The average Bonchev–Trinajstić information content (AvgIpc) is 1.72. The molecule has 0 spiro atoms. The maximum Gasteiger partial charge on any atom is 0.178 e. The Bertz CT molecular complexity index is 13.7. The highest BCUT2D eigenvalue weighted by Gasteiger charge is 1.56. The van der Waals surface area contributed by atoms with Gasteiger partial charge in [-0.3, -0.25) is 0 Å². The van der Waals surface area contributed by atoms with E-state index in [4.69, 9.17) is 0 Å². The highest BCUT2D eigenvalue weighted by molar-refractivity contribution is 6.02. The molecule has 0 aliphatic rings. The lowest BCUT2D eigenvalue weighted by Crippen LogP contribution is -1.75. The smallest absolute Gasteiger partial charge is 0.178 e. The molecule has 0 saturated carbocycles. The molecule has 1 nitrogen and oxygen atoms in total.